The highest BCUT2D eigenvalue weighted by Gasteiger charge is 2.36. The first-order valence-corrected chi connectivity index (χ1v) is 9.32. The largest absolute Gasteiger partial charge is 0.381 e. The van der Waals surface area contributed by atoms with Crippen LogP contribution in [0.5, 0.6) is 0 Å². The Balaban J connectivity index is 1.95. The molecule has 2 fully saturated rings. The molecule has 1 atom stereocenters. The molecule has 3 nitrogen and oxygen atoms in total. The fourth-order valence-electron chi connectivity index (χ4n) is 4.08. The molecule has 0 saturated carbocycles. The Morgan fingerprint density at radius 3 is 2.67 bits per heavy atom. The lowest BCUT2D eigenvalue weighted by molar-refractivity contribution is -0.0182. The van der Waals surface area contributed by atoms with Gasteiger partial charge in [0.25, 0.3) is 0 Å². The van der Waals surface area contributed by atoms with Crippen molar-refractivity contribution in [1.82, 2.24) is 10.2 Å². The molecule has 0 aromatic heterocycles. The summed E-state index contributed by atoms with van der Waals surface area (Å²) in [6.45, 7) is 11.4. The van der Waals surface area contributed by atoms with Crippen LogP contribution in [0.25, 0.3) is 0 Å². The van der Waals surface area contributed by atoms with E-state index in [2.05, 4.69) is 24.1 Å². The van der Waals surface area contributed by atoms with Crippen LogP contribution in [0.4, 0.5) is 0 Å². The normalized spacial score (nSPS) is 26.9. The third-order valence-electron chi connectivity index (χ3n) is 5.39. The maximum atomic E-state index is 5.65. The van der Waals surface area contributed by atoms with Crippen molar-refractivity contribution in [2.24, 2.45) is 5.41 Å². The zero-order chi connectivity index (χ0) is 15.0. The molecule has 2 aliphatic rings. The molecule has 1 unspecified atom stereocenters. The Morgan fingerprint density at radius 1 is 1.14 bits per heavy atom. The summed E-state index contributed by atoms with van der Waals surface area (Å²) in [5.41, 5.74) is 0.455. The third kappa shape index (κ3) is 5.22. The van der Waals surface area contributed by atoms with Crippen LogP contribution < -0.4 is 5.32 Å². The topological polar surface area (TPSA) is 24.5 Å². The standard InChI is InChI=1S/C18H36N2O/c1-3-7-17-8-5-6-12-20(17)16-18(15-19-11-4-2)9-13-21-14-10-18/h17,19H,3-16H2,1-2H3. The van der Waals surface area contributed by atoms with Crippen LogP contribution in [0.15, 0.2) is 0 Å². The molecule has 3 heteroatoms. The SMILES string of the molecule is CCCNCC1(CN2CCCCC2CCC)CCOCC1. The summed E-state index contributed by atoms with van der Waals surface area (Å²) in [7, 11) is 0. The highest BCUT2D eigenvalue weighted by Crippen LogP contribution is 2.34. The van der Waals surface area contributed by atoms with Crippen LogP contribution in [0.2, 0.25) is 0 Å². The fourth-order valence-corrected chi connectivity index (χ4v) is 4.08. The number of hydrogen-bond acceptors (Lipinski definition) is 3. The molecule has 1 N–H and O–H groups in total. The zero-order valence-corrected chi connectivity index (χ0v) is 14.3. The minimum Gasteiger partial charge on any atom is -0.381 e. The van der Waals surface area contributed by atoms with Crippen molar-refractivity contribution in [2.75, 3.05) is 39.4 Å². The average Bonchev–Trinajstić information content (AvgIpc) is 2.51. The van der Waals surface area contributed by atoms with E-state index in [0.29, 0.717) is 5.41 Å². The van der Waals surface area contributed by atoms with E-state index in [-0.39, 0.29) is 0 Å². The summed E-state index contributed by atoms with van der Waals surface area (Å²) in [4.78, 5) is 2.83. The number of piperidine rings is 1. The molecule has 2 heterocycles. The van der Waals surface area contributed by atoms with Crippen LogP contribution in [-0.4, -0.2) is 50.3 Å². The Labute approximate surface area is 131 Å². The Bertz CT molecular complexity index is 274. The van der Waals surface area contributed by atoms with Gasteiger partial charge in [0.05, 0.1) is 0 Å². The maximum absolute atomic E-state index is 5.65. The molecule has 21 heavy (non-hydrogen) atoms. The summed E-state index contributed by atoms with van der Waals surface area (Å²) >= 11 is 0. The predicted molar refractivity (Wildman–Crippen MR) is 89.8 cm³/mol. The van der Waals surface area contributed by atoms with Crippen molar-refractivity contribution in [3.05, 3.63) is 0 Å². The van der Waals surface area contributed by atoms with Crippen LogP contribution in [0.1, 0.15) is 65.2 Å². The number of nitrogens with one attached hydrogen (secondary N) is 1. The highest BCUT2D eigenvalue weighted by atomic mass is 16.5. The second-order valence-corrected chi connectivity index (χ2v) is 7.20. The van der Waals surface area contributed by atoms with Crippen molar-refractivity contribution in [2.45, 2.75) is 71.3 Å². The van der Waals surface area contributed by atoms with Gasteiger partial charge in [-0.25, -0.2) is 0 Å². The molecule has 0 spiro atoms. The molecule has 2 rings (SSSR count). The van der Waals surface area contributed by atoms with Crippen LogP contribution in [0, 0.1) is 5.41 Å². The molecular weight excluding hydrogens is 260 g/mol. The van der Waals surface area contributed by atoms with Gasteiger partial charge in [0.2, 0.25) is 0 Å². The van der Waals surface area contributed by atoms with Gasteiger partial charge in [-0.3, -0.25) is 4.90 Å². The van der Waals surface area contributed by atoms with Crippen LogP contribution >= 0.6 is 0 Å². The molecule has 0 radical (unpaired) electrons. The summed E-state index contributed by atoms with van der Waals surface area (Å²) in [5.74, 6) is 0. The van der Waals surface area contributed by atoms with Crippen LogP contribution in [0.3, 0.4) is 0 Å². The minimum absolute atomic E-state index is 0.455. The summed E-state index contributed by atoms with van der Waals surface area (Å²) < 4.78 is 5.65. The van der Waals surface area contributed by atoms with Crippen LogP contribution in [-0.2, 0) is 4.74 Å². The summed E-state index contributed by atoms with van der Waals surface area (Å²) in [6, 6.07) is 0.842. The fraction of sp³-hybridized carbons (Fsp3) is 1.00. The number of hydrogen-bond donors (Lipinski definition) is 1. The molecule has 0 amide bonds. The molecule has 0 bridgehead atoms. The lowest BCUT2D eigenvalue weighted by Crippen LogP contribution is -2.51. The minimum atomic E-state index is 0.455. The van der Waals surface area contributed by atoms with E-state index in [1.165, 1.54) is 71.0 Å². The molecular formula is C18H36N2O. The van der Waals surface area contributed by atoms with E-state index in [0.717, 1.165) is 25.8 Å². The van der Waals surface area contributed by atoms with Gasteiger partial charge in [-0.1, -0.05) is 26.7 Å². The van der Waals surface area contributed by atoms with Gasteiger partial charge in [-0.05, 0) is 57.0 Å². The van der Waals surface area contributed by atoms with E-state index in [9.17, 15) is 0 Å². The number of likely N-dealkylation sites (tertiary alicyclic amines) is 1. The molecule has 0 aromatic rings. The zero-order valence-electron chi connectivity index (χ0n) is 14.3. The van der Waals surface area contributed by atoms with Crippen molar-refractivity contribution >= 4 is 0 Å². The van der Waals surface area contributed by atoms with Gasteiger partial charge in [-0.2, -0.15) is 0 Å². The van der Waals surface area contributed by atoms with E-state index in [1.807, 2.05) is 0 Å². The molecule has 124 valence electrons. The predicted octanol–water partition coefficient (Wildman–Crippen LogP) is 3.44. The first kappa shape index (κ1) is 17.2. The number of rotatable bonds is 8. The lowest BCUT2D eigenvalue weighted by Gasteiger charge is -2.45. The maximum Gasteiger partial charge on any atom is 0.0472 e. The average molecular weight is 296 g/mol. The van der Waals surface area contributed by atoms with Gasteiger partial charge in [0.1, 0.15) is 0 Å². The van der Waals surface area contributed by atoms with Crippen molar-refractivity contribution in [3.63, 3.8) is 0 Å². The lowest BCUT2D eigenvalue weighted by atomic mass is 9.78. The summed E-state index contributed by atoms with van der Waals surface area (Å²) in [6.07, 6.45) is 10.7. The van der Waals surface area contributed by atoms with Crippen molar-refractivity contribution in [3.8, 4) is 0 Å². The molecule has 2 aliphatic heterocycles. The van der Waals surface area contributed by atoms with Gasteiger partial charge >= 0.3 is 0 Å². The highest BCUT2D eigenvalue weighted by molar-refractivity contribution is 4.90. The Morgan fingerprint density at radius 2 is 1.95 bits per heavy atom. The molecule has 2 saturated heterocycles. The second-order valence-electron chi connectivity index (χ2n) is 7.20. The first-order valence-electron chi connectivity index (χ1n) is 9.32. The van der Waals surface area contributed by atoms with Gasteiger partial charge in [0.15, 0.2) is 0 Å². The Hall–Kier alpha value is -0.120. The van der Waals surface area contributed by atoms with Gasteiger partial charge < -0.3 is 10.1 Å². The molecule has 0 aromatic carbocycles. The second kappa shape index (κ2) is 9.12. The monoisotopic (exact) mass is 296 g/mol. The van der Waals surface area contributed by atoms with E-state index < -0.39 is 0 Å². The number of ether oxygens (including phenoxy) is 1. The first-order chi connectivity index (χ1) is 10.3. The number of nitrogens with zero attached hydrogens (tertiary/aromatic N) is 1. The van der Waals surface area contributed by atoms with Gasteiger partial charge in [-0.15, -0.1) is 0 Å². The summed E-state index contributed by atoms with van der Waals surface area (Å²) in [5, 5.41) is 3.70. The van der Waals surface area contributed by atoms with E-state index in [4.69, 9.17) is 4.74 Å². The molecule has 0 aliphatic carbocycles. The van der Waals surface area contributed by atoms with E-state index in [1.54, 1.807) is 0 Å². The Kier molecular flexibility index (Phi) is 7.48. The smallest absolute Gasteiger partial charge is 0.0472 e. The van der Waals surface area contributed by atoms with E-state index >= 15 is 0 Å². The van der Waals surface area contributed by atoms with Crippen molar-refractivity contribution in [1.29, 1.82) is 0 Å². The quantitative estimate of drug-likeness (QED) is 0.694. The van der Waals surface area contributed by atoms with Crippen molar-refractivity contribution < 1.29 is 4.74 Å². The third-order valence-corrected chi connectivity index (χ3v) is 5.39. The van der Waals surface area contributed by atoms with Gasteiger partial charge in [0, 0.05) is 32.3 Å².